The summed E-state index contributed by atoms with van der Waals surface area (Å²) in [6, 6.07) is 6.85. The first kappa shape index (κ1) is 13.8. The maximum Gasteiger partial charge on any atom is 0.252 e. The normalized spacial score (nSPS) is 10.7. The fourth-order valence-corrected chi connectivity index (χ4v) is 1.33. The van der Waals surface area contributed by atoms with Crippen molar-refractivity contribution in [2.24, 2.45) is 11.1 Å². The maximum atomic E-state index is 11.2. The van der Waals surface area contributed by atoms with Crippen LogP contribution in [-0.2, 0) is 0 Å². The predicted molar refractivity (Wildman–Crippen MR) is 68.9 cm³/mol. The quantitative estimate of drug-likeness (QED) is 0.773. The van der Waals surface area contributed by atoms with Crippen LogP contribution in [0.4, 0.5) is 5.69 Å². The molecule has 0 atom stereocenters. The van der Waals surface area contributed by atoms with E-state index in [2.05, 4.69) is 6.07 Å². The van der Waals surface area contributed by atoms with Crippen LogP contribution in [0.2, 0.25) is 0 Å². The molecule has 5 nitrogen and oxygen atoms in total. The molecule has 0 fully saturated rings. The molecule has 5 heteroatoms. The van der Waals surface area contributed by atoms with Crippen molar-refractivity contribution < 1.29 is 9.53 Å². The third kappa shape index (κ3) is 3.67. The summed E-state index contributed by atoms with van der Waals surface area (Å²) in [6.45, 7) is 3.97. The molecule has 0 spiro atoms. The Kier molecular flexibility index (Phi) is 4.16. The Morgan fingerprint density at radius 2 is 2.17 bits per heavy atom. The lowest BCUT2D eigenvalue weighted by Gasteiger charge is -2.16. The zero-order valence-corrected chi connectivity index (χ0v) is 10.6. The molecule has 4 N–H and O–H groups in total. The van der Waals surface area contributed by atoms with E-state index >= 15 is 0 Å². The first-order valence-corrected chi connectivity index (χ1v) is 5.59. The third-order valence-electron chi connectivity index (χ3n) is 2.56. The number of anilines is 1. The molecule has 0 saturated heterocycles. The van der Waals surface area contributed by atoms with Gasteiger partial charge in [-0.15, -0.1) is 0 Å². The number of amides is 1. The Morgan fingerprint density at radius 1 is 1.50 bits per heavy atom. The minimum atomic E-state index is -0.565. The SMILES string of the molecule is CC(C)(C#N)CCOc1cc(N)ccc1C(N)=O. The first-order chi connectivity index (χ1) is 8.35. The van der Waals surface area contributed by atoms with Gasteiger partial charge < -0.3 is 16.2 Å². The largest absolute Gasteiger partial charge is 0.493 e. The van der Waals surface area contributed by atoms with Gasteiger partial charge in [-0.05, 0) is 32.4 Å². The van der Waals surface area contributed by atoms with Crippen molar-refractivity contribution >= 4 is 11.6 Å². The fraction of sp³-hybridized carbons (Fsp3) is 0.385. The summed E-state index contributed by atoms with van der Waals surface area (Å²) >= 11 is 0. The number of nitriles is 1. The van der Waals surface area contributed by atoms with Crippen LogP contribution in [0.3, 0.4) is 0 Å². The van der Waals surface area contributed by atoms with Crippen LogP contribution in [0.5, 0.6) is 5.75 Å². The minimum absolute atomic E-state index is 0.291. The minimum Gasteiger partial charge on any atom is -0.493 e. The number of nitrogens with two attached hydrogens (primary N) is 2. The predicted octanol–water partition coefficient (Wildman–Crippen LogP) is 1.69. The Balaban J connectivity index is 2.76. The average Bonchev–Trinajstić information content (AvgIpc) is 2.28. The maximum absolute atomic E-state index is 11.2. The van der Waals surface area contributed by atoms with E-state index in [1.54, 1.807) is 12.1 Å². The van der Waals surface area contributed by atoms with Gasteiger partial charge in [0.1, 0.15) is 5.75 Å². The number of nitrogens with zero attached hydrogens (tertiary/aromatic N) is 1. The van der Waals surface area contributed by atoms with Crippen molar-refractivity contribution in [3.63, 3.8) is 0 Å². The van der Waals surface area contributed by atoms with E-state index < -0.39 is 11.3 Å². The van der Waals surface area contributed by atoms with Crippen molar-refractivity contribution in [2.75, 3.05) is 12.3 Å². The van der Waals surface area contributed by atoms with Gasteiger partial charge in [0, 0.05) is 11.8 Å². The summed E-state index contributed by atoms with van der Waals surface area (Å²) in [5.41, 5.74) is 11.2. The molecular weight excluding hydrogens is 230 g/mol. The molecule has 0 aliphatic rings. The van der Waals surface area contributed by atoms with Crippen LogP contribution in [-0.4, -0.2) is 12.5 Å². The molecule has 1 amide bonds. The van der Waals surface area contributed by atoms with Crippen molar-refractivity contribution in [2.45, 2.75) is 20.3 Å². The summed E-state index contributed by atoms with van der Waals surface area (Å²) in [6.07, 6.45) is 0.552. The molecule has 0 aliphatic heterocycles. The lowest BCUT2D eigenvalue weighted by Crippen LogP contribution is -2.16. The van der Waals surface area contributed by atoms with Crippen LogP contribution < -0.4 is 16.2 Å². The van der Waals surface area contributed by atoms with E-state index in [4.69, 9.17) is 21.5 Å². The fourth-order valence-electron chi connectivity index (χ4n) is 1.33. The van der Waals surface area contributed by atoms with Crippen LogP contribution in [0, 0.1) is 16.7 Å². The zero-order chi connectivity index (χ0) is 13.8. The van der Waals surface area contributed by atoms with E-state index in [9.17, 15) is 4.79 Å². The van der Waals surface area contributed by atoms with Gasteiger partial charge in [0.2, 0.25) is 0 Å². The van der Waals surface area contributed by atoms with E-state index in [1.807, 2.05) is 13.8 Å². The van der Waals surface area contributed by atoms with Crippen molar-refractivity contribution in [1.82, 2.24) is 0 Å². The number of hydrogen-bond acceptors (Lipinski definition) is 4. The number of benzene rings is 1. The van der Waals surface area contributed by atoms with Crippen LogP contribution in [0.1, 0.15) is 30.6 Å². The molecule has 0 radical (unpaired) electrons. The van der Waals surface area contributed by atoms with Crippen molar-refractivity contribution in [3.8, 4) is 11.8 Å². The Bertz CT molecular complexity index is 489. The first-order valence-electron chi connectivity index (χ1n) is 5.59. The summed E-state index contributed by atoms with van der Waals surface area (Å²) in [5, 5.41) is 8.88. The number of hydrogen-bond donors (Lipinski definition) is 2. The van der Waals surface area contributed by atoms with E-state index in [0.717, 1.165) is 0 Å². The Labute approximate surface area is 106 Å². The molecule has 1 rings (SSSR count). The van der Waals surface area contributed by atoms with Gasteiger partial charge in [-0.2, -0.15) is 5.26 Å². The Hall–Kier alpha value is -2.22. The lowest BCUT2D eigenvalue weighted by molar-refractivity contribution is 0.0996. The van der Waals surface area contributed by atoms with Gasteiger partial charge in [0.25, 0.3) is 5.91 Å². The molecule has 0 aliphatic carbocycles. The number of carbonyl (C=O) groups is 1. The van der Waals surface area contributed by atoms with E-state index in [-0.39, 0.29) is 0 Å². The second-order valence-electron chi connectivity index (χ2n) is 4.71. The summed E-state index contributed by atoms with van der Waals surface area (Å²) in [4.78, 5) is 11.2. The van der Waals surface area contributed by atoms with Gasteiger partial charge in [-0.25, -0.2) is 0 Å². The third-order valence-corrected chi connectivity index (χ3v) is 2.56. The number of carbonyl (C=O) groups excluding carboxylic acids is 1. The van der Waals surface area contributed by atoms with Crippen LogP contribution in [0.15, 0.2) is 18.2 Å². The standard InChI is InChI=1S/C13H17N3O2/c1-13(2,8-14)5-6-18-11-7-9(15)3-4-10(11)12(16)17/h3-4,7H,5-6,15H2,1-2H3,(H2,16,17). The molecule has 0 saturated carbocycles. The molecule has 18 heavy (non-hydrogen) atoms. The number of ether oxygens (including phenoxy) is 1. The van der Waals surface area contributed by atoms with Crippen molar-refractivity contribution in [1.29, 1.82) is 5.26 Å². The highest BCUT2D eigenvalue weighted by Gasteiger charge is 2.17. The molecule has 0 unspecified atom stereocenters. The zero-order valence-electron chi connectivity index (χ0n) is 10.6. The van der Waals surface area contributed by atoms with Crippen LogP contribution >= 0.6 is 0 Å². The molecule has 1 aromatic carbocycles. The number of rotatable bonds is 5. The second kappa shape index (κ2) is 5.41. The average molecular weight is 247 g/mol. The topological polar surface area (TPSA) is 102 Å². The number of nitrogen functional groups attached to an aromatic ring is 1. The summed E-state index contributed by atoms with van der Waals surface area (Å²) in [7, 11) is 0. The van der Waals surface area contributed by atoms with E-state index in [0.29, 0.717) is 30.0 Å². The molecule has 0 aromatic heterocycles. The molecular formula is C13H17N3O2. The highest BCUT2D eigenvalue weighted by Crippen LogP contribution is 2.24. The molecule has 96 valence electrons. The van der Waals surface area contributed by atoms with E-state index in [1.165, 1.54) is 6.07 Å². The van der Waals surface area contributed by atoms with Gasteiger partial charge >= 0.3 is 0 Å². The van der Waals surface area contributed by atoms with Gasteiger partial charge in [0.05, 0.1) is 23.7 Å². The molecule has 1 aromatic rings. The number of primary amides is 1. The Morgan fingerprint density at radius 3 is 2.72 bits per heavy atom. The lowest BCUT2D eigenvalue weighted by atomic mass is 9.92. The highest BCUT2D eigenvalue weighted by atomic mass is 16.5. The van der Waals surface area contributed by atoms with Crippen LogP contribution in [0.25, 0.3) is 0 Å². The molecule has 0 heterocycles. The summed E-state index contributed by atoms with van der Waals surface area (Å²) in [5.74, 6) is -0.208. The van der Waals surface area contributed by atoms with Gasteiger partial charge in [-0.3, -0.25) is 4.79 Å². The van der Waals surface area contributed by atoms with Gasteiger partial charge in [-0.1, -0.05) is 0 Å². The van der Waals surface area contributed by atoms with Crippen molar-refractivity contribution in [3.05, 3.63) is 23.8 Å². The second-order valence-corrected chi connectivity index (χ2v) is 4.71. The highest BCUT2D eigenvalue weighted by molar-refractivity contribution is 5.96. The molecule has 0 bridgehead atoms. The monoisotopic (exact) mass is 247 g/mol. The van der Waals surface area contributed by atoms with Gasteiger partial charge in [0.15, 0.2) is 0 Å². The smallest absolute Gasteiger partial charge is 0.252 e. The summed E-state index contributed by atoms with van der Waals surface area (Å²) < 4.78 is 5.49.